The van der Waals surface area contributed by atoms with E-state index in [0.717, 1.165) is 0 Å². The molecule has 1 atom stereocenters. The van der Waals surface area contributed by atoms with Crippen LogP contribution in [0.5, 0.6) is 0 Å². The summed E-state index contributed by atoms with van der Waals surface area (Å²) < 4.78 is 32.1. The molecule has 168 valence electrons. The van der Waals surface area contributed by atoms with Gasteiger partial charge in [-0.2, -0.15) is 9.57 Å². The average Bonchev–Trinajstić information content (AvgIpc) is 2.79. The van der Waals surface area contributed by atoms with Crippen molar-refractivity contribution in [3.8, 4) is 6.07 Å². The monoisotopic (exact) mass is 475 g/mol. The van der Waals surface area contributed by atoms with Crippen LogP contribution in [-0.4, -0.2) is 43.8 Å². The number of nitriles is 1. The smallest absolute Gasteiger partial charge is 0.309 e. The molecule has 1 unspecified atom stereocenters. The number of sulfonamides is 1. The van der Waals surface area contributed by atoms with E-state index in [0.29, 0.717) is 29.1 Å². The molecule has 1 amide bonds. The molecule has 8 nitrogen and oxygen atoms in total. The molecule has 0 radical (unpaired) electrons. The van der Waals surface area contributed by atoms with E-state index in [2.05, 4.69) is 5.32 Å². The number of carbonyl (C=O) groups is 2. The summed E-state index contributed by atoms with van der Waals surface area (Å²) in [7, 11) is -3.67. The minimum Gasteiger partial charge on any atom is -0.452 e. The van der Waals surface area contributed by atoms with Crippen LogP contribution in [0, 0.1) is 17.2 Å². The number of esters is 1. The first-order valence-electron chi connectivity index (χ1n) is 9.98. The van der Waals surface area contributed by atoms with E-state index in [1.165, 1.54) is 35.5 Å². The van der Waals surface area contributed by atoms with Crippen molar-refractivity contribution in [3.05, 3.63) is 59.1 Å². The molecular weight excluding hydrogens is 454 g/mol. The fraction of sp³-hybridized carbons (Fsp3) is 0.318. The molecule has 0 aliphatic carbocycles. The maximum Gasteiger partial charge on any atom is 0.309 e. The van der Waals surface area contributed by atoms with Gasteiger partial charge < -0.3 is 10.1 Å². The molecule has 32 heavy (non-hydrogen) atoms. The SMILES string of the molecule is CC(OC(=O)C1CCN(S(=O)(=O)c2ccc(Cl)cc2)CC1)C(=O)Nc1ccc(C#N)cc1. The number of halogens is 1. The first-order chi connectivity index (χ1) is 15.2. The van der Waals surface area contributed by atoms with Crippen molar-refractivity contribution >= 4 is 39.2 Å². The third-order valence-corrected chi connectivity index (χ3v) is 7.35. The van der Waals surface area contributed by atoms with Gasteiger partial charge >= 0.3 is 5.97 Å². The standard InChI is InChI=1S/C22H22ClN3O5S/c1-15(21(27)25-19-6-2-16(14-24)3-7-19)31-22(28)17-10-12-26(13-11-17)32(29,30)20-8-4-18(23)5-9-20/h2-9,15,17H,10-13H2,1H3,(H,25,27). The number of rotatable bonds is 6. The van der Waals surface area contributed by atoms with Crippen molar-refractivity contribution in [1.82, 2.24) is 4.31 Å². The lowest BCUT2D eigenvalue weighted by Gasteiger charge is -2.30. The first kappa shape index (κ1) is 23.7. The Labute approximate surface area is 191 Å². The Morgan fingerprint density at radius 3 is 2.28 bits per heavy atom. The van der Waals surface area contributed by atoms with Gasteiger partial charge in [-0.25, -0.2) is 8.42 Å². The fourth-order valence-corrected chi connectivity index (χ4v) is 4.88. The van der Waals surface area contributed by atoms with Crippen LogP contribution < -0.4 is 5.32 Å². The van der Waals surface area contributed by atoms with Gasteiger partial charge in [-0.05, 0) is 68.3 Å². The molecule has 0 bridgehead atoms. The normalized spacial score (nSPS) is 16.0. The third kappa shape index (κ3) is 5.65. The summed E-state index contributed by atoms with van der Waals surface area (Å²) in [6.07, 6.45) is -0.417. The number of carbonyl (C=O) groups excluding carboxylic acids is 2. The van der Waals surface area contributed by atoms with E-state index in [1.54, 1.807) is 24.3 Å². The first-order valence-corrected chi connectivity index (χ1v) is 11.8. The fourth-order valence-electron chi connectivity index (χ4n) is 3.28. The average molecular weight is 476 g/mol. The maximum atomic E-state index is 12.8. The molecule has 1 fully saturated rings. The summed E-state index contributed by atoms with van der Waals surface area (Å²) in [6, 6.07) is 14.2. The predicted molar refractivity (Wildman–Crippen MR) is 118 cm³/mol. The Morgan fingerprint density at radius 1 is 1.12 bits per heavy atom. The highest BCUT2D eigenvalue weighted by molar-refractivity contribution is 7.89. The molecule has 1 N–H and O–H groups in total. The summed E-state index contributed by atoms with van der Waals surface area (Å²) >= 11 is 5.82. The zero-order valence-corrected chi connectivity index (χ0v) is 18.9. The van der Waals surface area contributed by atoms with E-state index in [9.17, 15) is 18.0 Å². The van der Waals surface area contributed by atoms with E-state index in [4.69, 9.17) is 21.6 Å². The van der Waals surface area contributed by atoms with Gasteiger partial charge in [0, 0.05) is 23.8 Å². The van der Waals surface area contributed by atoms with Crippen LogP contribution in [-0.2, 0) is 24.3 Å². The zero-order valence-electron chi connectivity index (χ0n) is 17.3. The van der Waals surface area contributed by atoms with Crippen LogP contribution in [0.3, 0.4) is 0 Å². The van der Waals surface area contributed by atoms with E-state index in [-0.39, 0.29) is 18.0 Å². The topological polar surface area (TPSA) is 117 Å². The van der Waals surface area contributed by atoms with Crippen molar-refractivity contribution in [2.75, 3.05) is 18.4 Å². The molecule has 1 aliphatic rings. The number of amides is 1. The zero-order chi connectivity index (χ0) is 23.3. The highest BCUT2D eigenvalue weighted by atomic mass is 35.5. The van der Waals surface area contributed by atoms with Gasteiger partial charge in [0.25, 0.3) is 5.91 Å². The lowest BCUT2D eigenvalue weighted by Crippen LogP contribution is -2.41. The summed E-state index contributed by atoms with van der Waals surface area (Å²) in [5.74, 6) is -1.52. The molecule has 2 aromatic carbocycles. The van der Waals surface area contributed by atoms with Gasteiger partial charge in [-0.3, -0.25) is 9.59 Å². The van der Waals surface area contributed by atoms with Gasteiger partial charge in [0.1, 0.15) is 0 Å². The van der Waals surface area contributed by atoms with Crippen LogP contribution in [0.2, 0.25) is 5.02 Å². The summed E-state index contributed by atoms with van der Waals surface area (Å²) in [5.41, 5.74) is 0.949. The number of benzene rings is 2. The lowest BCUT2D eigenvalue weighted by molar-refractivity contribution is -0.158. The van der Waals surface area contributed by atoms with E-state index < -0.39 is 33.9 Å². The molecule has 2 aromatic rings. The molecule has 1 heterocycles. The van der Waals surface area contributed by atoms with Gasteiger partial charge in [0.15, 0.2) is 6.10 Å². The van der Waals surface area contributed by atoms with Crippen LogP contribution in [0.15, 0.2) is 53.4 Å². The van der Waals surface area contributed by atoms with E-state index >= 15 is 0 Å². The van der Waals surface area contributed by atoms with Gasteiger partial charge in [0.05, 0.1) is 22.4 Å². The third-order valence-electron chi connectivity index (χ3n) is 5.18. The number of nitrogens with one attached hydrogen (secondary N) is 1. The summed E-state index contributed by atoms with van der Waals surface area (Å²) in [4.78, 5) is 24.9. The molecule has 0 aromatic heterocycles. The number of piperidine rings is 1. The lowest BCUT2D eigenvalue weighted by atomic mass is 9.98. The number of nitrogens with zero attached hydrogens (tertiary/aromatic N) is 2. The van der Waals surface area contributed by atoms with Crippen molar-refractivity contribution in [1.29, 1.82) is 5.26 Å². The number of ether oxygens (including phenoxy) is 1. The molecule has 1 aliphatic heterocycles. The van der Waals surface area contributed by atoms with Gasteiger partial charge in [-0.15, -0.1) is 0 Å². The van der Waals surface area contributed by atoms with E-state index in [1.807, 2.05) is 6.07 Å². The predicted octanol–water partition coefficient (Wildman–Crippen LogP) is 3.18. The summed E-state index contributed by atoms with van der Waals surface area (Å²) in [6.45, 7) is 1.82. The number of anilines is 1. The Balaban J connectivity index is 1.51. The van der Waals surface area contributed by atoms with Gasteiger partial charge in [-0.1, -0.05) is 11.6 Å². The Morgan fingerprint density at radius 2 is 1.72 bits per heavy atom. The molecule has 10 heteroatoms. The summed E-state index contributed by atoms with van der Waals surface area (Å²) in [5, 5.41) is 11.9. The maximum absolute atomic E-state index is 12.8. The largest absolute Gasteiger partial charge is 0.452 e. The molecule has 3 rings (SSSR count). The molecule has 0 saturated carbocycles. The second-order valence-electron chi connectivity index (χ2n) is 7.39. The van der Waals surface area contributed by atoms with Crippen molar-refractivity contribution < 1.29 is 22.7 Å². The Kier molecular flexibility index (Phi) is 7.51. The van der Waals surface area contributed by atoms with Crippen LogP contribution in [0.25, 0.3) is 0 Å². The highest BCUT2D eigenvalue weighted by Crippen LogP contribution is 2.26. The minimum atomic E-state index is -3.67. The number of hydrogen-bond donors (Lipinski definition) is 1. The molecule has 1 saturated heterocycles. The van der Waals surface area contributed by atoms with Crippen molar-refractivity contribution in [3.63, 3.8) is 0 Å². The second-order valence-corrected chi connectivity index (χ2v) is 9.76. The number of hydrogen-bond acceptors (Lipinski definition) is 6. The minimum absolute atomic E-state index is 0.149. The van der Waals surface area contributed by atoms with Gasteiger partial charge in [0.2, 0.25) is 10.0 Å². The molecule has 0 spiro atoms. The highest BCUT2D eigenvalue weighted by Gasteiger charge is 2.34. The Hall–Kier alpha value is -2.93. The molecular formula is C22H22ClN3O5S. The van der Waals surface area contributed by atoms with Crippen molar-refractivity contribution in [2.45, 2.75) is 30.8 Å². The second kappa shape index (κ2) is 10.1. The van der Waals surface area contributed by atoms with Crippen LogP contribution >= 0.6 is 11.6 Å². The van der Waals surface area contributed by atoms with Crippen LogP contribution in [0.1, 0.15) is 25.3 Å². The Bertz CT molecular complexity index is 1120. The quantitative estimate of drug-likeness (QED) is 0.641. The van der Waals surface area contributed by atoms with Crippen LogP contribution in [0.4, 0.5) is 5.69 Å². The van der Waals surface area contributed by atoms with Crippen molar-refractivity contribution in [2.24, 2.45) is 5.92 Å².